The Morgan fingerprint density at radius 2 is 1.95 bits per heavy atom. The Balaban J connectivity index is 2.37. The number of ether oxygens (including phenoxy) is 1. The fourth-order valence-electron chi connectivity index (χ4n) is 1.72. The SMILES string of the molecule is C[C@H](N)c1ccc(Oc2ccc(Cl)cc2[N+](=O)[O-])c(Br)c1. The molecule has 2 aromatic carbocycles. The molecule has 0 radical (unpaired) electrons. The standard InChI is InChI=1S/C14H12BrClN2O3/c1-8(17)9-2-4-13(11(15)6-9)21-14-5-3-10(16)7-12(14)18(19)20/h2-8H,17H2,1H3/t8-/m0/s1. The van der Waals surface area contributed by atoms with Gasteiger partial charge < -0.3 is 10.5 Å². The van der Waals surface area contributed by atoms with Crippen LogP contribution in [0.4, 0.5) is 5.69 Å². The molecule has 0 aliphatic heterocycles. The van der Waals surface area contributed by atoms with E-state index in [1.807, 2.05) is 19.1 Å². The summed E-state index contributed by atoms with van der Waals surface area (Å²) >= 11 is 9.14. The second kappa shape index (κ2) is 6.43. The van der Waals surface area contributed by atoms with Gasteiger partial charge in [0.05, 0.1) is 9.40 Å². The summed E-state index contributed by atoms with van der Waals surface area (Å²) < 4.78 is 6.27. The maximum absolute atomic E-state index is 11.0. The summed E-state index contributed by atoms with van der Waals surface area (Å²) in [5.41, 5.74) is 6.54. The molecule has 0 heterocycles. The van der Waals surface area contributed by atoms with Crippen LogP contribution in [-0.4, -0.2) is 4.92 Å². The molecule has 21 heavy (non-hydrogen) atoms. The Morgan fingerprint density at radius 3 is 2.52 bits per heavy atom. The van der Waals surface area contributed by atoms with E-state index in [2.05, 4.69) is 15.9 Å². The van der Waals surface area contributed by atoms with Crippen molar-refractivity contribution in [2.45, 2.75) is 13.0 Å². The molecule has 2 aromatic rings. The van der Waals surface area contributed by atoms with Crippen molar-refractivity contribution >= 4 is 33.2 Å². The van der Waals surface area contributed by atoms with Gasteiger partial charge in [-0.1, -0.05) is 17.7 Å². The third-order valence-electron chi connectivity index (χ3n) is 2.82. The van der Waals surface area contributed by atoms with Gasteiger partial charge in [-0.15, -0.1) is 0 Å². The average molecular weight is 372 g/mol. The minimum atomic E-state index is -0.536. The summed E-state index contributed by atoms with van der Waals surface area (Å²) in [5.74, 6) is 0.587. The zero-order chi connectivity index (χ0) is 15.6. The van der Waals surface area contributed by atoms with E-state index >= 15 is 0 Å². The molecule has 0 spiro atoms. The van der Waals surface area contributed by atoms with Crippen molar-refractivity contribution in [3.05, 3.63) is 61.6 Å². The minimum Gasteiger partial charge on any atom is -0.449 e. The first-order chi connectivity index (χ1) is 9.88. The second-order valence-electron chi connectivity index (χ2n) is 4.45. The second-order valence-corrected chi connectivity index (χ2v) is 5.74. The topological polar surface area (TPSA) is 78.4 Å². The van der Waals surface area contributed by atoms with Crippen LogP contribution in [0.1, 0.15) is 18.5 Å². The fraction of sp³-hybridized carbons (Fsp3) is 0.143. The molecule has 2 rings (SSSR count). The van der Waals surface area contributed by atoms with Crippen LogP contribution < -0.4 is 10.5 Å². The monoisotopic (exact) mass is 370 g/mol. The maximum atomic E-state index is 11.0. The highest BCUT2D eigenvalue weighted by Crippen LogP contribution is 2.37. The van der Waals surface area contributed by atoms with Gasteiger partial charge in [0.25, 0.3) is 0 Å². The Morgan fingerprint density at radius 1 is 1.29 bits per heavy atom. The number of nitro groups is 1. The molecule has 0 fully saturated rings. The van der Waals surface area contributed by atoms with E-state index in [0.29, 0.717) is 10.2 Å². The smallest absolute Gasteiger partial charge is 0.313 e. The molecule has 1 atom stereocenters. The van der Waals surface area contributed by atoms with Gasteiger partial charge in [-0.2, -0.15) is 0 Å². The summed E-state index contributed by atoms with van der Waals surface area (Å²) in [5, 5.41) is 11.3. The predicted octanol–water partition coefficient (Wildman–Crippen LogP) is 4.82. The van der Waals surface area contributed by atoms with Crippen LogP contribution >= 0.6 is 27.5 Å². The highest BCUT2D eigenvalue weighted by atomic mass is 79.9. The van der Waals surface area contributed by atoms with Gasteiger partial charge in [-0.3, -0.25) is 10.1 Å². The summed E-state index contributed by atoms with van der Waals surface area (Å²) in [7, 11) is 0. The number of halogens is 2. The Hall–Kier alpha value is -1.63. The van der Waals surface area contributed by atoms with Crippen molar-refractivity contribution in [2.75, 3.05) is 0 Å². The van der Waals surface area contributed by atoms with Gasteiger partial charge >= 0.3 is 5.69 Å². The first-order valence-electron chi connectivity index (χ1n) is 6.05. The molecule has 0 aliphatic carbocycles. The van der Waals surface area contributed by atoms with Crippen LogP contribution in [0.5, 0.6) is 11.5 Å². The molecular weight excluding hydrogens is 360 g/mol. The van der Waals surface area contributed by atoms with Gasteiger partial charge in [0.1, 0.15) is 5.75 Å². The number of hydrogen-bond donors (Lipinski definition) is 1. The van der Waals surface area contributed by atoms with Crippen molar-refractivity contribution in [1.29, 1.82) is 0 Å². The van der Waals surface area contributed by atoms with Gasteiger partial charge in [-0.25, -0.2) is 0 Å². The van der Waals surface area contributed by atoms with Crippen molar-refractivity contribution < 1.29 is 9.66 Å². The van der Waals surface area contributed by atoms with Crippen LogP contribution in [0.25, 0.3) is 0 Å². The largest absolute Gasteiger partial charge is 0.449 e. The Bertz CT molecular complexity index is 692. The van der Waals surface area contributed by atoms with Crippen molar-refractivity contribution in [2.24, 2.45) is 5.73 Å². The lowest BCUT2D eigenvalue weighted by Crippen LogP contribution is -2.04. The van der Waals surface area contributed by atoms with Crippen molar-refractivity contribution in [3.63, 3.8) is 0 Å². The van der Waals surface area contributed by atoms with Gasteiger partial charge in [-0.05, 0) is 52.7 Å². The lowest BCUT2D eigenvalue weighted by Gasteiger charge is -2.11. The van der Waals surface area contributed by atoms with Gasteiger partial charge in [0.2, 0.25) is 5.75 Å². The molecule has 0 unspecified atom stereocenters. The molecule has 7 heteroatoms. The van der Waals surface area contributed by atoms with Crippen molar-refractivity contribution in [1.82, 2.24) is 0 Å². The van der Waals surface area contributed by atoms with E-state index < -0.39 is 4.92 Å². The van der Waals surface area contributed by atoms with E-state index in [-0.39, 0.29) is 22.5 Å². The van der Waals surface area contributed by atoms with E-state index in [4.69, 9.17) is 22.1 Å². The molecule has 0 aromatic heterocycles. The quantitative estimate of drug-likeness (QED) is 0.617. The molecule has 110 valence electrons. The highest BCUT2D eigenvalue weighted by Gasteiger charge is 2.17. The number of nitro benzene ring substituents is 1. The Kier molecular flexibility index (Phi) is 4.82. The zero-order valence-electron chi connectivity index (χ0n) is 11.0. The molecule has 0 saturated carbocycles. The molecular formula is C14H12BrClN2O3. The summed E-state index contributed by atoms with van der Waals surface area (Å²) in [6.45, 7) is 1.87. The number of nitrogens with zero attached hydrogens (tertiary/aromatic N) is 1. The minimum absolute atomic E-state index is 0.111. The lowest BCUT2D eigenvalue weighted by atomic mass is 10.1. The lowest BCUT2D eigenvalue weighted by molar-refractivity contribution is -0.385. The van der Waals surface area contributed by atoms with Crippen molar-refractivity contribution in [3.8, 4) is 11.5 Å². The third kappa shape index (κ3) is 3.72. The molecule has 2 N–H and O–H groups in total. The zero-order valence-corrected chi connectivity index (χ0v) is 13.4. The fourth-order valence-corrected chi connectivity index (χ4v) is 2.36. The summed E-state index contributed by atoms with van der Waals surface area (Å²) in [4.78, 5) is 10.5. The number of benzene rings is 2. The van der Waals surface area contributed by atoms with Gasteiger partial charge in [0, 0.05) is 17.1 Å². The number of rotatable bonds is 4. The van der Waals surface area contributed by atoms with E-state index in [0.717, 1.165) is 5.56 Å². The number of nitrogens with two attached hydrogens (primary N) is 1. The summed E-state index contributed by atoms with van der Waals surface area (Å²) in [6.07, 6.45) is 0. The highest BCUT2D eigenvalue weighted by molar-refractivity contribution is 9.10. The van der Waals surface area contributed by atoms with Crippen LogP contribution in [0, 0.1) is 10.1 Å². The maximum Gasteiger partial charge on any atom is 0.313 e. The molecule has 0 aliphatic rings. The first-order valence-corrected chi connectivity index (χ1v) is 7.22. The van der Waals surface area contributed by atoms with Crippen LogP contribution in [0.2, 0.25) is 5.02 Å². The van der Waals surface area contributed by atoms with E-state index in [1.54, 1.807) is 6.07 Å². The summed E-state index contributed by atoms with van der Waals surface area (Å²) in [6, 6.07) is 9.48. The average Bonchev–Trinajstić information content (AvgIpc) is 2.42. The molecule has 0 amide bonds. The Labute approximate surface area is 134 Å². The number of hydrogen-bond acceptors (Lipinski definition) is 4. The predicted molar refractivity (Wildman–Crippen MR) is 84.9 cm³/mol. The van der Waals surface area contributed by atoms with E-state index in [9.17, 15) is 10.1 Å². The molecule has 0 bridgehead atoms. The normalized spacial score (nSPS) is 12.0. The van der Waals surface area contributed by atoms with E-state index in [1.165, 1.54) is 18.2 Å². The molecule has 0 saturated heterocycles. The first kappa shape index (κ1) is 15.8. The van der Waals surface area contributed by atoms with Crippen LogP contribution in [-0.2, 0) is 0 Å². The van der Waals surface area contributed by atoms with Gasteiger partial charge in [0.15, 0.2) is 0 Å². The molecule has 5 nitrogen and oxygen atoms in total. The third-order valence-corrected chi connectivity index (χ3v) is 3.67. The van der Waals surface area contributed by atoms with Crippen LogP contribution in [0.3, 0.4) is 0 Å². The van der Waals surface area contributed by atoms with Crippen LogP contribution in [0.15, 0.2) is 40.9 Å².